The van der Waals surface area contributed by atoms with Gasteiger partial charge in [-0.15, -0.1) is 0 Å². The molecule has 0 spiro atoms. The van der Waals surface area contributed by atoms with Crippen molar-refractivity contribution in [1.82, 2.24) is 5.32 Å². The molecule has 6 nitrogen and oxygen atoms in total. The standard InChI is InChI=1S/C15H21N3O3/c1-3-15(7-8-15)10-17-14(19)11-5-6-13(18(20)21)12(9-11)16-4-2/h5-6,9,16H,3-4,7-8,10H2,1-2H3,(H,17,19). The van der Waals surface area contributed by atoms with Crippen LogP contribution in [-0.4, -0.2) is 23.9 Å². The average Bonchev–Trinajstić information content (AvgIpc) is 3.25. The van der Waals surface area contributed by atoms with Crippen LogP contribution in [0.15, 0.2) is 18.2 Å². The predicted octanol–water partition coefficient (Wildman–Crippen LogP) is 2.95. The van der Waals surface area contributed by atoms with E-state index >= 15 is 0 Å². The Balaban J connectivity index is 2.10. The molecular weight excluding hydrogens is 270 g/mol. The van der Waals surface area contributed by atoms with Gasteiger partial charge in [-0.1, -0.05) is 6.92 Å². The van der Waals surface area contributed by atoms with Crippen LogP contribution >= 0.6 is 0 Å². The summed E-state index contributed by atoms with van der Waals surface area (Å²) in [6, 6.07) is 4.42. The largest absolute Gasteiger partial charge is 0.380 e. The smallest absolute Gasteiger partial charge is 0.292 e. The first kappa shape index (κ1) is 15.3. The van der Waals surface area contributed by atoms with Gasteiger partial charge >= 0.3 is 0 Å². The lowest BCUT2D eigenvalue weighted by Gasteiger charge is -2.14. The fraction of sp³-hybridized carbons (Fsp3) is 0.533. The van der Waals surface area contributed by atoms with Gasteiger partial charge in [0.1, 0.15) is 5.69 Å². The van der Waals surface area contributed by atoms with E-state index in [-0.39, 0.29) is 17.0 Å². The molecule has 0 aromatic heterocycles. The number of nitrogens with zero attached hydrogens (tertiary/aromatic N) is 1. The number of hydrogen-bond donors (Lipinski definition) is 2. The third-order valence-electron chi connectivity index (χ3n) is 4.15. The molecule has 1 fully saturated rings. The van der Waals surface area contributed by atoms with Gasteiger partial charge in [0.15, 0.2) is 0 Å². The summed E-state index contributed by atoms with van der Waals surface area (Å²) in [6.45, 7) is 5.23. The zero-order valence-corrected chi connectivity index (χ0v) is 12.4. The maximum atomic E-state index is 12.2. The molecule has 21 heavy (non-hydrogen) atoms. The van der Waals surface area contributed by atoms with Gasteiger partial charge in [0.05, 0.1) is 4.92 Å². The number of hydrogen-bond acceptors (Lipinski definition) is 4. The van der Waals surface area contributed by atoms with E-state index in [9.17, 15) is 14.9 Å². The summed E-state index contributed by atoms with van der Waals surface area (Å²) >= 11 is 0. The van der Waals surface area contributed by atoms with Gasteiger partial charge < -0.3 is 10.6 Å². The fourth-order valence-electron chi connectivity index (χ4n) is 2.37. The van der Waals surface area contributed by atoms with Gasteiger partial charge in [-0.25, -0.2) is 0 Å². The Morgan fingerprint density at radius 1 is 1.38 bits per heavy atom. The molecule has 1 aliphatic carbocycles. The minimum Gasteiger partial charge on any atom is -0.380 e. The second-order valence-electron chi connectivity index (χ2n) is 5.56. The van der Waals surface area contributed by atoms with Crippen LogP contribution < -0.4 is 10.6 Å². The van der Waals surface area contributed by atoms with Crippen LogP contribution in [0.2, 0.25) is 0 Å². The van der Waals surface area contributed by atoms with Crippen molar-refractivity contribution in [1.29, 1.82) is 0 Å². The lowest BCUT2D eigenvalue weighted by Crippen LogP contribution is -2.30. The number of amides is 1. The van der Waals surface area contributed by atoms with Crippen molar-refractivity contribution in [2.75, 3.05) is 18.4 Å². The minimum absolute atomic E-state index is 0.0133. The van der Waals surface area contributed by atoms with Crippen LogP contribution in [0.25, 0.3) is 0 Å². The first-order valence-corrected chi connectivity index (χ1v) is 7.32. The summed E-state index contributed by atoms with van der Waals surface area (Å²) in [5, 5.41) is 16.8. The summed E-state index contributed by atoms with van der Waals surface area (Å²) in [5.74, 6) is -0.177. The molecule has 1 aromatic rings. The maximum absolute atomic E-state index is 12.2. The van der Waals surface area contributed by atoms with E-state index in [4.69, 9.17) is 0 Å². The Morgan fingerprint density at radius 2 is 2.10 bits per heavy atom. The molecule has 114 valence electrons. The average molecular weight is 291 g/mol. The highest BCUT2D eigenvalue weighted by Crippen LogP contribution is 2.47. The summed E-state index contributed by atoms with van der Waals surface area (Å²) in [4.78, 5) is 22.7. The molecule has 1 saturated carbocycles. The van der Waals surface area contributed by atoms with Crippen molar-refractivity contribution in [3.63, 3.8) is 0 Å². The summed E-state index contributed by atoms with van der Waals surface area (Å²) < 4.78 is 0. The molecular formula is C15H21N3O3. The molecule has 0 bridgehead atoms. The normalized spacial score (nSPS) is 15.3. The van der Waals surface area contributed by atoms with Gasteiger partial charge in [-0.3, -0.25) is 14.9 Å². The number of carbonyl (C=O) groups is 1. The van der Waals surface area contributed by atoms with Crippen LogP contribution in [0.3, 0.4) is 0 Å². The number of rotatable bonds is 7. The van der Waals surface area contributed by atoms with E-state index < -0.39 is 4.92 Å². The number of benzene rings is 1. The Bertz CT molecular complexity index is 553. The molecule has 0 saturated heterocycles. The van der Waals surface area contributed by atoms with Crippen LogP contribution in [0, 0.1) is 15.5 Å². The Labute approximate surface area is 124 Å². The van der Waals surface area contributed by atoms with E-state index in [0.29, 0.717) is 24.3 Å². The first-order chi connectivity index (χ1) is 10.0. The topological polar surface area (TPSA) is 84.3 Å². The second kappa shape index (κ2) is 6.11. The first-order valence-electron chi connectivity index (χ1n) is 7.32. The number of nitrogens with one attached hydrogen (secondary N) is 2. The molecule has 1 amide bonds. The van der Waals surface area contributed by atoms with Crippen molar-refractivity contribution in [3.05, 3.63) is 33.9 Å². The molecule has 2 N–H and O–H groups in total. The number of anilines is 1. The van der Waals surface area contributed by atoms with E-state index in [1.165, 1.54) is 12.1 Å². The van der Waals surface area contributed by atoms with Crippen molar-refractivity contribution in [3.8, 4) is 0 Å². The van der Waals surface area contributed by atoms with Gasteiger partial charge in [0.25, 0.3) is 11.6 Å². The van der Waals surface area contributed by atoms with Crippen molar-refractivity contribution in [2.45, 2.75) is 33.1 Å². The second-order valence-corrected chi connectivity index (χ2v) is 5.56. The summed E-state index contributed by atoms with van der Waals surface area (Å²) in [7, 11) is 0. The van der Waals surface area contributed by atoms with E-state index in [1.807, 2.05) is 6.92 Å². The monoisotopic (exact) mass is 291 g/mol. The molecule has 2 rings (SSSR count). The molecule has 0 radical (unpaired) electrons. The van der Waals surface area contributed by atoms with E-state index in [1.54, 1.807) is 6.07 Å². The lowest BCUT2D eigenvalue weighted by atomic mass is 10.0. The fourth-order valence-corrected chi connectivity index (χ4v) is 2.37. The molecule has 0 atom stereocenters. The highest BCUT2D eigenvalue weighted by atomic mass is 16.6. The maximum Gasteiger partial charge on any atom is 0.292 e. The molecule has 1 aliphatic rings. The predicted molar refractivity (Wildman–Crippen MR) is 81.6 cm³/mol. The van der Waals surface area contributed by atoms with Crippen LogP contribution in [0.1, 0.15) is 43.5 Å². The zero-order valence-electron chi connectivity index (χ0n) is 12.4. The van der Waals surface area contributed by atoms with Crippen molar-refractivity contribution in [2.24, 2.45) is 5.41 Å². The van der Waals surface area contributed by atoms with Crippen LogP contribution in [0.5, 0.6) is 0 Å². The molecule has 0 aliphatic heterocycles. The molecule has 0 heterocycles. The third-order valence-corrected chi connectivity index (χ3v) is 4.15. The van der Waals surface area contributed by atoms with Gasteiger partial charge in [-0.2, -0.15) is 0 Å². The summed E-state index contributed by atoms with van der Waals surface area (Å²) in [5.41, 5.74) is 1.09. The zero-order chi connectivity index (χ0) is 15.5. The lowest BCUT2D eigenvalue weighted by molar-refractivity contribution is -0.384. The molecule has 6 heteroatoms. The third kappa shape index (κ3) is 3.51. The Kier molecular flexibility index (Phi) is 4.45. The Hall–Kier alpha value is -2.11. The highest BCUT2D eigenvalue weighted by molar-refractivity contribution is 5.96. The highest BCUT2D eigenvalue weighted by Gasteiger charge is 2.40. The number of carbonyl (C=O) groups excluding carboxylic acids is 1. The molecule has 1 aromatic carbocycles. The van der Waals surface area contributed by atoms with Gasteiger partial charge in [0.2, 0.25) is 0 Å². The van der Waals surface area contributed by atoms with E-state index in [2.05, 4.69) is 17.6 Å². The van der Waals surface area contributed by atoms with E-state index in [0.717, 1.165) is 19.3 Å². The molecule has 0 unspecified atom stereocenters. The number of nitro groups is 1. The summed E-state index contributed by atoms with van der Waals surface area (Å²) in [6.07, 6.45) is 3.38. The van der Waals surface area contributed by atoms with Gasteiger partial charge in [-0.05, 0) is 43.7 Å². The van der Waals surface area contributed by atoms with Crippen molar-refractivity contribution < 1.29 is 9.72 Å². The SMILES string of the molecule is CCNc1cc(C(=O)NCC2(CC)CC2)ccc1[N+](=O)[O-]. The van der Waals surface area contributed by atoms with Gasteiger partial charge in [0, 0.05) is 24.7 Å². The minimum atomic E-state index is -0.448. The van der Waals surface area contributed by atoms with Crippen LogP contribution in [0.4, 0.5) is 11.4 Å². The number of nitro benzene ring substituents is 1. The van der Waals surface area contributed by atoms with Crippen molar-refractivity contribution >= 4 is 17.3 Å². The quantitative estimate of drug-likeness (QED) is 0.597. The van der Waals surface area contributed by atoms with Crippen LogP contribution in [-0.2, 0) is 0 Å². The Morgan fingerprint density at radius 3 is 2.62 bits per heavy atom.